The summed E-state index contributed by atoms with van der Waals surface area (Å²) in [6, 6.07) is 17.2. The molecule has 0 aromatic heterocycles. The fourth-order valence-corrected chi connectivity index (χ4v) is 6.39. The van der Waals surface area contributed by atoms with Crippen LogP contribution in [0.1, 0.15) is 75.3 Å². The summed E-state index contributed by atoms with van der Waals surface area (Å²) in [4.78, 5) is 68.7. The van der Waals surface area contributed by atoms with Crippen molar-refractivity contribution in [3.8, 4) is 0 Å². The number of carbonyl (C=O) groups excluding carboxylic acids is 4. The molecular formula is C37H53N5O8. The van der Waals surface area contributed by atoms with E-state index in [0.29, 0.717) is 58.2 Å². The fourth-order valence-electron chi connectivity index (χ4n) is 6.39. The van der Waals surface area contributed by atoms with E-state index in [1.165, 1.54) is 10.5 Å². The molecule has 7 N–H and O–H groups in total. The van der Waals surface area contributed by atoms with E-state index in [2.05, 4.69) is 17.4 Å². The molecule has 2 saturated heterocycles. The average Bonchev–Trinajstić information content (AvgIpc) is 3.61. The Kier molecular flexibility index (Phi) is 19.9. The number of carbonyl (C=O) groups is 4. The fraction of sp³-hybridized carbons (Fsp3) is 0.541. The van der Waals surface area contributed by atoms with Gasteiger partial charge in [-0.15, -0.1) is 0 Å². The quantitative estimate of drug-likeness (QED) is 0.135. The van der Waals surface area contributed by atoms with Crippen molar-refractivity contribution >= 4 is 29.9 Å². The van der Waals surface area contributed by atoms with Gasteiger partial charge in [-0.05, 0) is 101 Å². The van der Waals surface area contributed by atoms with Crippen LogP contribution in [0, 0.1) is 0 Å². The number of nitrogens with two attached hydrogens (primary N) is 2. The number of aliphatic carboxylic acids is 2. The Morgan fingerprint density at radius 2 is 1.38 bits per heavy atom. The molecule has 2 heterocycles. The number of hydrogen-bond acceptors (Lipinski definition) is 9. The number of unbranched alkanes of at least 4 members (excludes halogenated alkanes) is 2. The van der Waals surface area contributed by atoms with E-state index in [4.69, 9.17) is 26.2 Å². The SMILES string of the molecule is NCCCC[C@H](NCCCc1ccccc1)C(=O)O.NCCCC[C@H]1C(=O)N2CCC[C@H]2C(=O)N1[C@@H](CCc1ccccc1)C(=O)O.O=C=O. The highest BCUT2D eigenvalue weighted by atomic mass is 16.4. The number of nitrogens with zero attached hydrogens (tertiary/aromatic N) is 2. The molecule has 13 nitrogen and oxygen atoms in total. The molecule has 2 amide bonds. The molecule has 4 rings (SSSR count). The smallest absolute Gasteiger partial charge is 0.373 e. The van der Waals surface area contributed by atoms with Crippen LogP contribution < -0.4 is 16.8 Å². The van der Waals surface area contributed by atoms with E-state index >= 15 is 0 Å². The zero-order valence-corrected chi connectivity index (χ0v) is 28.8. The number of benzene rings is 2. The molecule has 0 aliphatic carbocycles. The topological polar surface area (TPSA) is 213 Å². The summed E-state index contributed by atoms with van der Waals surface area (Å²) in [7, 11) is 0. The number of amides is 2. The minimum absolute atomic E-state index is 0.106. The highest BCUT2D eigenvalue weighted by Gasteiger charge is 2.50. The lowest BCUT2D eigenvalue weighted by Gasteiger charge is -2.45. The Bertz CT molecular complexity index is 1340. The molecule has 2 fully saturated rings. The maximum atomic E-state index is 13.2. The highest BCUT2D eigenvalue weighted by Crippen LogP contribution is 2.31. The molecule has 13 heteroatoms. The van der Waals surface area contributed by atoms with Crippen molar-refractivity contribution in [2.75, 3.05) is 26.2 Å². The van der Waals surface area contributed by atoms with Gasteiger partial charge in [-0.25, -0.2) is 4.79 Å². The van der Waals surface area contributed by atoms with Gasteiger partial charge in [0.15, 0.2) is 0 Å². The van der Waals surface area contributed by atoms with Crippen molar-refractivity contribution in [1.82, 2.24) is 15.1 Å². The predicted octanol–water partition coefficient (Wildman–Crippen LogP) is 2.61. The van der Waals surface area contributed by atoms with Gasteiger partial charge in [-0.2, -0.15) is 9.59 Å². The Hall–Kier alpha value is -4.42. The zero-order chi connectivity index (χ0) is 36.7. The summed E-state index contributed by atoms with van der Waals surface area (Å²) in [5.74, 6) is -2.13. The standard InChI is InChI=1S/C21H29N3O4.C15H24N2O2.CO2/c22-13-5-4-9-17-19(25)23-14-6-10-16(23)20(26)24(17)18(21(27)28)12-11-15-7-2-1-3-8-15;16-11-5-4-10-14(15(18)19)17-12-6-9-13-7-2-1-3-8-13;2-1-3/h1-3,7-8,16-18H,4-6,9-14,22H2,(H,27,28);1-3,7-8,14,17H,4-6,9-12,16H2,(H,18,19);/t16-,17-,18-;14-;/m00./s1. The van der Waals surface area contributed by atoms with Gasteiger partial charge >= 0.3 is 18.1 Å². The van der Waals surface area contributed by atoms with Gasteiger partial charge < -0.3 is 36.8 Å². The van der Waals surface area contributed by atoms with Crippen LogP contribution in [0.2, 0.25) is 0 Å². The van der Waals surface area contributed by atoms with Crippen molar-refractivity contribution in [2.45, 2.75) is 101 Å². The largest absolute Gasteiger partial charge is 0.480 e. The number of carboxylic acids is 2. The summed E-state index contributed by atoms with van der Waals surface area (Å²) >= 11 is 0. The molecule has 0 unspecified atom stereocenters. The van der Waals surface area contributed by atoms with Gasteiger partial charge in [-0.1, -0.05) is 67.1 Å². The van der Waals surface area contributed by atoms with Crippen LogP contribution in [0.25, 0.3) is 0 Å². The number of fused-ring (bicyclic) bond motifs is 1. The van der Waals surface area contributed by atoms with Crippen LogP contribution in [-0.2, 0) is 41.6 Å². The van der Waals surface area contributed by atoms with Crippen molar-refractivity contribution in [3.05, 3.63) is 71.8 Å². The first-order valence-corrected chi connectivity index (χ1v) is 17.5. The third kappa shape index (κ3) is 13.8. The molecule has 50 heavy (non-hydrogen) atoms. The van der Waals surface area contributed by atoms with E-state index in [9.17, 15) is 24.3 Å². The van der Waals surface area contributed by atoms with Crippen molar-refractivity contribution in [3.63, 3.8) is 0 Å². The third-order valence-corrected chi connectivity index (χ3v) is 8.92. The number of aryl methyl sites for hydroxylation is 2. The van der Waals surface area contributed by atoms with Gasteiger partial charge in [-0.3, -0.25) is 14.4 Å². The van der Waals surface area contributed by atoms with Crippen LogP contribution in [0.5, 0.6) is 0 Å². The van der Waals surface area contributed by atoms with E-state index in [-0.39, 0.29) is 18.0 Å². The first-order valence-electron chi connectivity index (χ1n) is 17.5. The van der Waals surface area contributed by atoms with E-state index < -0.39 is 36.1 Å². The lowest BCUT2D eigenvalue weighted by atomic mass is 9.95. The van der Waals surface area contributed by atoms with Crippen LogP contribution in [0.15, 0.2) is 60.7 Å². The van der Waals surface area contributed by atoms with Crippen molar-refractivity contribution in [1.29, 1.82) is 0 Å². The van der Waals surface area contributed by atoms with E-state index in [1.54, 1.807) is 4.90 Å². The van der Waals surface area contributed by atoms with Crippen LogP contribution in [-0.4, -0.2) is 100 Å². The van der Waals surface area contributed by atoms with E-state index in [0.717, 1.165) is 50.6 Å². The summed E-state index contributed by atoms with van der Waals surface area (Å²) in [5.41, 5.74) is 13.3. The maximum Gasteiger partial charge on any atom is 0.373 e. The molecule has 2 aliphatic heterocycles. The summed E-state index contributed by atoms with van der Waals surface area (Å²) in [5, 5.41) is 22.1. The van der Waals surface area contributed by atoms with Crippen molar-refractivity contribution in [2.24, 2.45) is 11.5 Å². The molecule has 2 aliphatic rings. The Balaban J connectivity index is 0.000000343. The normalized spacial score (nSPS) is 17.7. The van der Waals surface area contributed by atoms with Gasteiger partial charge in [0.25, 0.3) is 0 Å². The Morgan fingerprint density at radius 3 is 1.94 bits per heavy atom. The zero-order valence-electron chi connectivity index (χ0n) is 28.8. The van der Waals surface area contributed by atoms with Crippen molar-refractivity contribution < 1.29 is 39.0 Å². The monoisotopic (exact) mass is 695 g/mol. The molecule has 0 bridgehead atoms. The molecule has 2 aromatic rings. The van der Waals surface area contributed by atoms with Crippen LogP contribution in [0.4, 0.5) is 0 Å². The molecule has 0 spiro atoms. The maximum absolute atomic E-state index is 13.2. The summed E-state index contributed by atoms with van der Waals surface area (Å²) in [6.45, 7) is 2.45. The molecule has 0 radical (unpaired) electrons. The minimum atomic E-state index is -1.05. The lowest BCUT2D eigenvalue weighted by Crippen LogP contribution is -2.66. The second-order valence-corrected chi connectivity index (χ2v) is 12.4. The molecule has 274 valence electrons. The first-order chi connectivity index (χ1) is 24.2. The molecule has 2 aromatic carbocycles. The number of rotatable bonds is 19. The van der Waals surface area contributed by atoms with Gasteiger partial charge in [0, 0.05) is 6.54 Å². The number of piperazine rings is 1. The predicted molar refractivity (Wildman–Crippen MR) is 187 cm³/mol. The second-order valence-electron chi connectivity index (χ2n) is 12.4. The number of hydrogen-bond donors (Lipinski definition) is 5. The average molecular weight is 696 g/mol. The van der Waals surface area contributed by atoms with Gasteiger partial charge in [0.1, 0.15) is 24.2 Å². The van der Waals surface area contributed by atoms with Crippen LogP contribution in [0.3, 0.4) is 0 Å². The lowest BCUT2D eigenvalue weighted by molar-refractivity contribution is -0.191. The molecule has 0 saturated carbocycles. The number of carboxylic acid groups (broad SMARTS) is 2. The Morgan fingerprint density at radius 1 is 0.800 bits per heavy atom. The van der Waals surface area contributed by atoms with Gasteiger partial charge in [0.05, 0.1) is 0 Å². The summed E-state index contributed by atoms with van der Waals surface area (Å²) < 4.78 is 0. The van der Waals surface area contributed by atoms with Gasteiger partial charge in [0.2, 0.25) is 11.8 Å². The number of nitrogens with one attached hydrogen (secondary N) is 1. The highest BCUT2D eigenvalue weighted by molar-refractivity contribution is 5.99. The van der Waals surface area contributed by atoms with E-state index in [1.807, 2.05) is 48.5 Å². The third-order valence-electron chi connectivity index (χ3n) is 8.92. The van der Waals surface area contributed by atoms with Crippen LogP contribution >= 0.6 is 0 Å². The molecule has 4 atom stereocenters. The Labute approximate surface area is 294 Å². The minimum Gasteiger partial charge on any atom is -0.480 e. The second kappa shape index (κ2) is 23.9. The molecular weight excluding hydrogens is 642 g/mol. The summed E-state index contributed by atoms with van der Waals surface area (Å²) in [6.07, 6.45) is 8.70. The first kappa shape index (κ1) is 41.7.